The first kappa shape index (κ1) is 12.1. The van der Waals surface area contributed by atoms with Crippen LogP contribution >= 0.6 is 0 Å². The number of fused-ring (bicyclic) bond motifs is 4. The molecule has 0 saturated carbocycles. The summed E-state index contributed by atoms with van der Waals surface area (Å²) in [5, 5.41) is 0. The topological polar surface area (TPSA) is 3.24 Å². The average Bonchev–Trinajstić information content (AvgIpc) is 2.54. The van der Waals surface area contributed by atoms with Crippen molar-refractivity contribution in [1.82, 2.24) is 0 Å². The molecule has 0 unspecified atom stereocenters. The molecule has 0 bridgehead atoms. The fourth-order valence-corrected chi connectivity index (χ4v) is 7.86. The number of rotatable bonds is 0. The predicted octanol–water partition coefficient (Wildman–Crippen LogP) is 1.09. The quantitative estimate of drug-likeness (QED) is 0.353. The second kappa shape index (κ2) is 4.50. The van der Waals surface area contributed by atoms with Gasteiger partial charge in [0.1, 0.15) is 0 Å². The van der Waals surface area contributed by atoms with Crippen molar-refractivity contribution in [3.8, 4) is 0 Å². The second-order valence-corrected chi connectivity index (χ2v) is 9.63. The summed E-state index contributed by atoms with van der Waals surface area (Å²) in [5.41, 5.74) is 4.22. The van der Waals surface area contributed by atoms with E-state index in [9.17, 15) is 0 Å². The van der Waals surface area contributed by atoms with Crippen LogP contribution in [0.4, 0.5) is 17.1 Å². The van der Waals surface area contributed by atoms with Gasteiger partial charge in [-0.25, -0.2) is 0 Å². The van der Waals surface area contributed by atoms with Crippen molar-refractivity contribution < 1.29 is 0 Å². The summed E-state index contributed by atoms with van der Waals surface area (Å²) >= 11 is 0.835. The van der Waals surface area contributed by atoms with Crippen LogP contribution in [0.15, 0.2) is 66.7 Å². The van der Waals surface area contributed by atoms with Gasteiger partial charge >= 0.3 is 136 Å². The normalized spacial score (nSPS) is 14.2. The molecule has 0 amide bonds. The van der Waals surface area contributed by atoms with E-state index in [2.05, 4.69) is 71.6 Å². The van der Waals surface area contributed by atoms with Crippen LogP contribution in [0.1, 0.15) is 0 Å². The van der Waals surface area contributed by atoms with Gasteiger partial charge < -0.3 is 0 Å². The summed E-state index contributed by atoms with van der Waals surface area (Å²) in [6.07, 6.45) is 0. The minimum atomic E-state index is 0.417. The molecule has 3 heteroatoms. The molecule has 0 aromatic heterocycles. The predicted molar refractivity (Wildman–Crippen MR) is 91.2 cm³/mol. The van der Waals surface area contributed by atoms with Crippen LogP contribution in [0.25, 0.3) is 0 Å². The number of hydrogen-bond acceptors (Lipinski definition) is 1. The van der Waals surface area contributed by atoms with Gasteiger partial charge in [-0.15, -0.1) is 0 Å². The summed E-state index contributed by atoms with van der Waals surface area (Å²) in [5.74, 6) is 0. The van der Waals surface area contributed by atoms with Crippen LogP contribution in [-0.4, -0.2) is 29.9 Å². The molecule has 0 radical (unpaired) electrons. The number of anilines is 3. The zero-order valence-electron chi connectivity index (χ0n) is 11.1. The van der Waals surface area contributed by atoms with Crippen molar-refractivity contribution in [3.63, 3.8) is 0 Å². The van der Waals surface area contributed by atoms with Crippen LogP contribution in [0.3, 0.4) is 0 Å². The van der Waals surface area contributed by atoms with Gasteiger partial charge in [-0.2, -0.15) is 0 Å². The fourth-order valence-electron chi connectivity index (χ4n) is 2.95. The van der Waals surface area contributed by atoms with Crippen molar-refractivity contribution >= 4 is 64.8 Å². The molecule has 2 aliphatic heterocycles. The minimum absolute atomic E-state index is 0.417. The van der Waals surface area contributed by atoms with Gasteiger partial charge in [-0.05, 0) is 0 Å². The molecule has 100 valence electrons. The molecule has 2 aliphatic rings. The molecule has 0 atom stereocenters. The Labute approximate surface area is 136 Å². The zero-order valence-corrected chi connectivity index (χ0v) is 14.5. The van der Waals surface area contributed by atoms with Crippen molar-refractivity contribution in [2.45, 2.75) is 0 Å². The van der Waals surface area contributed by atoms with Gasteiger partial charge in [0.2, 0.25) is 0 Å². The van der Waals surface area contributed by atoms with E-state index in [4.69, 9.17) is 0 Å². The zero-order chi connectivity index (χ0) is 13.8. The van der Waals surface area contributed by atoms with Crippen molar-refractivity contribution in [2.24, 2.45) is 0 Å². The molecule has 0 saturated heterocycles. The SMILES string of the molecule is c1ccc2c(c1)[Se]c1cccc3c1N2c1ccccc1[Se]3. The first-order valence-electron chi connectivity index (χ1n) is 6.89. The number of hydrogen-bond donors (Lipinski definition) is 0. The van der Waals surface area contributed by atoms with Gasteiger partial charge in [0.05, 0.1) is 0 Å². The third kappa shape index (κ3) is 1.70. The van der Waals surface area contributed by atoms with Gasteiger partial charge in [0.15, 0.2) is 0 Å². The first-order valence-corrected chi connectivity index (χ1v) is 10.3. The number of benzene rings is 3. The van der Waals surface area contributed by atoms with Crippen molar-refractivity contribution in [3.05, 3.63) is 66.7 Å². The van der Waals surface area contributed by atoms with Crippen LogP contribution in [0, 0.1) is 0 Å². The second-order valence-electron chi connectivity index (χ2n) is 5.08. The third-order valence-electron chi connectivity index (χ3n) is 3.84. The molecule has 0 spiro atoms. The summed E-state index contributed by atoms with van der Waals surface area (Å²) in [7, 11) is 0. The molecule has 5 rings (SSSR count). The Morgan fingerprint density at radius 2 is 1.00 bits per heavy atom. The molecule has 21 heavy (non-hydrogen) atoms. The molecule has 0 fully saturated rings. The summed E-state index contributed by atoms with van der Waals surface area (Å²) in [6, 6.07) is 24.6. The molecule has 2 heterocycles. The van der Waals surface area contributed by atoms with Crippen LogP contribution < -0.4 is 22.7 Å². The van der Waals surface area contributed by atoms with E-state index in [1.807, 2.05) is 0 Å². The Bertz CT molecular complexity index is 805. The molecular formula is C18H11NSe2. The summed E-state index contributed by atoms with van der Waals surface area (Å²) in [6.45, 7) is 0. The van der Waals surface area contributed by atoms with E-state index < -0.39 is 0 Å². The first-order chi connectivity index (χ1) is 10.4. The van der Waals surface area contributed by atoms with Gasteiger partial charge in [-0.1, -0.05) is 0 Å². The maximum absolute atomic E-state index is 2.49. The number of para-hydroxylation sites is 3. The summed E-state index contributed by atoms with van der Waals surface area (Å²) < 4.78 is 6.02. The van der Waals surface area contributed by atoms with Gasteiger partial charge in [-0.3, -0.25) is 0 Å². The third-order valence-corrected chi connectivity index (χ3v) is 8.51. The standard InChI is InChI=1S/C18H11NSe2/c1-3-8-14-12(6-1)19-13-7-2-4-9-15(13)21-17-11-5-10-16(20-14)18(17)19/h1-11H. The van der Waals surface area contributed by atoms with E-state index in [1.54, 1.807) is 0 Å². The van der Waals surface area contributed by atoms with Gasteiger partial charge in [0, 0.05) is 0 Å². The Morgan fingerprint density at radius 3 is 1.57 bits per heavy atom. The fraction of sp³-hybridized carbons (Fsp3) is 0. The molecule has 1 nitrogen and oxygen atoms in total. The molecule has 3 aromatic rings. The molecule has 0 N–H and O–H groups in total. The molecule has 0 aliphatic carbocycles. The molecule has 3 aromatic carbocycles. The van der Waals surface area contributed by atoms with E-state index in [1.165, 1.54) is 34.9 Å². The van der Waals surface area contributed by atoms with E-state index in [0.717, 1.165) is 0 Å². The Morgan fingerprint density at radius 1 is 0.524 bits per heavy atom. The monoisotopic (exact) mass is 401 g/mol. The average molecular weight is 399 g/mol. The van der Waals surface area contributed by atoms with E-state index in [0.29, 0.717) is 29.9 Å². The van der Waals surface area contributed by atoms with E-state index in [-0.39, 0.29) is 0 Å². The van der Waals surface area contributed by atoms with Crippen molar-refractivity contribution in [2.75, 3.05) is 4.90 Å². The van der Waals surface area contributed by atoms with Crippen LogP contribution in [0.5, 0.6) is 0 Å². The van der Waals surface area contributed by atoms with E-state index >= 15 is 0 Å². The summed E-state index contributed by atoms with van der Waals surface area (Å²) in [4.78, 5) is 2.49. The Kier molecular flexibility index (Phi) is 2.59. The van der Waals surface area contributed by atoms with Crippen molar-refractivity contribution in [1.29, 1.82) is 0 Å². The molecular weight excluding hydrogens is 388 g/mol. The Balaban J connectivity index is 1.88. The van der Waals surface area contributed by atoms with Gasteiger partial charge in [0.25, 0.3) is 0 Å². The Hall–Kier alpha value is -1.50. The van der Waals surface area contributed by atoms with Crippen LogP contribution in [0.2, 0.25) is 0 Å². The number of nitrogens with zero attached hydrogens (tertiary/aromatic N) is 1. The van der Waals surface area contributed by atoms with Crippen LogP contribution in [-0.2, 0) is 0 Å². The maximum atomic E-state index is 2.49.